The van der Waals surface area contributed by atoms with E-state index < -0.39 is 0 Å². The lowest BCUT2D eigenvalue weighted by Gasteiger charge is -2.28. The van der Waals surface area contributed by atoms with Crippen molar-refractivity contribution < 1.29 is 4.79 Å². The van der Waals surface area contributed by atoms with Gasteiger partial charge in [0.05, 0.1) is 0 Å². The fraction of sp³-hybridized carbons (Fsp3) is 0.533. The number of carbonyl (C=O) groups excluding carboxylic acids is 1. The van der Waals surface area contributed by atoms with Crippen LogP contribution in [0.25, 0.3) is 0 Å². The first-order chi connectivity index (χ1) is 9.22. The standard InChI is InChI=1S/C15H22N2OS/c1-16-12-8-6-11(7-9-12)15(18)17-13-4-3-5-14(10-13)19-2/h6-9,13-14,16H,3-5,10H2,1-2H3,(H,17,18). The monoisotopic (exact) mass is 278 g/mol. The number of thioether (sulfide) groups is 1. The van der Waals surface area contributed by atoms with Gasteiger partial charge in [-0.15, -0.1) is 0 Å². The van der Waals surface area contributed by atoms with Crippen LogP contribution in [-0.4, -0.2) is 30.5 Å². The minimum atomic E-state index is 0.0504. The molecule has 104 valence electrons. The largest absolute Gasteiger partial charge is 0.388 e. The summed E-state index contributed by atoms with van der Waals surface area (Å²) in [5.41, 5.74) is 1.77. The number of carbonyl (C=O) groups is 1. The van der Waals surface area contributed by atoms with Crippen LogP contribution >= 0.6 is 11.8 Å². The molecule has 0 aromatic heterocycles. The maximum atomic E-state index is 12.2. The van der Waals surface area contributed by atoms with Gasteiger partial charge in [-0.2, -0.15) is 11.8 Å². The van der Waals surface area contributed by atoms with Crippen molar-refractivity contribution in [2.24, 2.45) is 0 Å². The van der Waals surface area contributed by atoms with E-state index in [0.29, 0.717) is 11.3 Å². The van der Waals surface area contributed by atoms with Gasteiger partial charge in [-0.1, -0.05) is 6.42 Å². The van der Waals surface area contributed by atoms with Crippen molar-refractivity contribution in [2.75, 3.05) is 18.6 Å². The third kappa shape index (κ3) is 3.90. The Kier molecular flexibility index (Phi) is 5.14. The van der Waals surface area contributed by atoms with E-state index >= 15 is 0 Å². The van der Waals surface area contributed by atoms with Crippen molar-refractivity contribution in [3.8, 4) is 0 Å². The van der Waals surface area contributed by atoms with Gasteiger partial charge in [0.2, 0.25) is 0 Å². The Balaban J connectivity index is 1.92. The third-order valence-corrected chi connectivity index (χ3v) is 4.83. The highest BCUT2D eigenvalue weighted by atomic mass is 32.2. The van der Waals surface area contributed by atoms with Crippen molar-refractivity contribution in [1.82, 2.24) is 5.32 Å². The van der Waals surface area contributed by atoms with Crippen molar-refractivity contribution >= 4 is 23.4 Å². The molecule has 4 heteroatoms. The molecule has 0 spiro atoms. The molecule has 2 N–H and O–H groups in total. The number of benzene rings is 1. The minimum absolute atomic E-state index is 0.0504. The third-order valence-electron chi connectivity index (χ3n) is 3.73. The van der Waals surface area contributed by atoms with Gasteiger partial charge in [0.1, 0.15) is 0 Å². The Hall–Kier alpha value is -1.16. The zero-order valence-corrected chi connectivity index (χ0v) is 12.4. The second-order valence-electron chi connectivity index (χ2n) is 5.02. The van der Waals surface area contributed by atoms with E-state index in [1.54, 1.807) is 0 Å². The van der Waals surface area contributed by atoms with Gasteiger partial charge in [0, 0.05) is 29.6 Å². The highest BCUT2D eigenvalue weighted by Gasteiger charge is 2.22. The van der Waals surface area contributed by atoms with Crippen LogP contribution in [-0.2, 0) is 0 Å². The molecule has 1 aromatic carbocycles. The summed E-state index contributed by atoms with van der Waals surface area (Å²) in [6.45, 7) is 0. The van der Waals surface area contributed by atoms with Crippen LogP contribution in [0.4, 0.5) is 5.69 Å². The zero-order valence-electron chi connectivity index (χ0n) is 11.6. The van der Waals surface area contributed by atoms with Crippen LogP contribution in [0.1, 0.15) is 36.0 Å². The molecule has 0 radical (unpaired) electrons. The van der Waals surface area contributed by atoms with Crippen LogP contribution in [0.5, 0.6) is 0 Å². The predicted molar refractivity (Wildman–Crippen MR) is 83.0 cm³/mol. The van der Waals surface area contributed by atoms with E-state index in [0.717, 1.165) is 24.1 Å². The minimum Gasteiger partial charge on any atom is -0.388 e. The Morgan fingerprint density at radius 2 is 2.00 bits per heavy atom. The van der Waals surface area contributed by atoms with Crippen LogP contribution < -0.4 is 10.6 Å². The smallest absolute Gasteiger partial charge is 0.251 e. The summed E-state index contributed by atoms with van der Waals surface area (Å²) in [5.74, 6) is 0.0504. The summed E-state index contributed by atoms with van der Waals surface area (Å²) in [6, 6.07) is 7.94. The molecule has 1 fully saturated rings. The molecule has 1 saturated carbocycles. The summed E-state index contributed by atoms with van der Waals surface area (Å²) >= 11 is 1.92. The Morgan fingerprint density at radius 3 is 2.63 bits per heavy atom. The number of amides is 1. The molecule has 0 heterocycles. The average molecular weight is 278 g/mol. The second-order valence-corrected chi connectivity index (χ2v) is 6.16. The topological polar surface area (TPSA) is 41.1 Å². The molecule has 19 heavy (non-hydrogen) atoms. The van der Waals surface area contributed by atoms with Crippen LogP contribution in [0, 0.1) is 0 Å². The van der Waals surface area contributed by atoms with Crippen LogP contribution in [0.3, 0.4) is 0 Å². The maximum absolute atomic E-state index is 12.2. The normalized spacial score (nSPS) is 22.8. The van der Waals surface area contributed by atoms with Crippen LogP contribution in [0.15, 0.2) is 24.3 Å². The summed E-state index contributed by atoms with van der Waals surface area (Å²) in [7, 11) is 1.87. The summed E-state index contributed by atoms with van der Waals surface area (Å²) < 4.78 is 0. The SMILES string of the molecule is CNc1ccc(C(=O)NC2CCCC(SC)C2)cc1. The van der Waals surface area contributed by atoms with Gasteiger partial charge < -0.3 is 10.6 Å². The first kappa shape index (κ1) is 14.3. The van der Waals surface area contributed by atoms with Crippen LogP contribution in [0.2, 0.25) is 0 Å². The Labute approximate surface area is 119 Å². The fourth-order valence-corrected chi connectivity index (χ4v) is 3.37. The van der Waals surface area contributed by atoms with E-state index in [-0.39, 0.29) is 5.91 Å². The van der Waals surface area contributed by atoms with E-state index in [1.807, 2.05) is 43.1 Å². The van der Waals surface area contributed by atoms with Crippen molar-refractivity contribution in [3.63, 3.8) is 0 Å². The molecule has 1 amide bonds. The second kappa shape index (κ2) is 6.85. The number of hydrogen-bond donors (Lipinski definition) is 2. The molecule has 2 rings (SSSR count). The highest BCUT2D eigenvalue weighted by molar-refractivity contribution is 7.99. The molecule has 1 aliphatic rings. The molecular formula is C15H22N2OS. The van der Waals surface area contributed by atoms with E-state index in [9.17, 15) is 4.79 Å². The Bertz CT molecular complexity index is 419. The van der Waals surface area contributed by atoms with E-state index in [1.165, 1.54) is 12.8 Å². The molecule has 3 nitrogen and oxygen atoms in total. The van der Waals surface area contributed by atoms with Crippen molar-refractivity contribution in [2.45, 2.75) is 37.0 Å². The first-order valence-corrected chi connectivity index (χ1v) is 8.13. The molecular weight excluding hydrogens is 256 g/mol. The number of rotatable bonds is 4. The molecule has 1 aromatic rings. The molecule has 1 aliphatic carbocycles. The number of hydrogen-bond acceptors (Lipinski definition) is 3. The molecule has 2 atom stereocenters. The van der Waals surface area contributed by atoms with Gasteiger partial charge in [-0.25, -0.2) is 0 Å². The molecule has 0 saturated heterocycles. The first-order valence-electron chi connectivity index (χ1n) is 6.84. The predicted octanol–water partition coefficient (Wildman–Crippen LogP) is 3.13. The number of anilines is 1. The van der Waals surface area contributed by atoms with Gasteiger partial charge in [0.25, 0.3) is 5.91 Å². The molecule has 2 unspecified atom stereocenters. The van der Waals surface area contributed by atoms with Crippen molar-refractivity contribution in [3.05, 3.63) is 29.8 Å². The van der Waals surface area contributed by atoms with Gasteiger partial charge in [-0.05, 0) is 49.8 Å². The lowest BCUT2D eigenvalue weighted by Crippen LogP contribution is -2.39. The highest BCUT2D eigenvalue weighted by Crippen LogP contribution is 2.27. The van der Waals surface area contributed by atoms with E-state index in [2.05, 4.69) is 16.9 Å². The van der Waals surface area contributed by atoms with Crippen molar-refractivity contribution in [1.29, 1.82) is 0 Å². The lowest BCUT2D eigenvalue weighted by molar-refractivity contribution is 0.0928. The fourth-order valence-electron chi connectivity index (χ4n) is 2.55. The summed E-state index contributed by atoms with van der Waals surface area (Å²) in [4.78, 5) is 12.2. The quantitative estimate of drug-likeness (QED) is 0.889. The van der Waals surface area contributed by atoms with Gasteiger partial charge in [0.15, 0.2) is 0 Å². The molecule has 0 bridgehead atoms. The summed E-state index contributed by atoms with van der Waals surface area (Å²) in [5, 5.41) is 6.92. The maximum Gasteiger partial charge on any atom is 0.251 e. The lowest BCUT2D eigenvalue weighted by atomic mass is 9.94. The zero-order chi connectivity index (χ0) is 13.7. The number of nitrogens with one attached hydrogen (secondary N) is 2. The average Bonchev–Trinajstić information content (AvgIpc) is 2.47. The summed E-state index contributed by atoms with van der Waals surface area (Å²) in [6.07, 6.45) is 6.86. The van der Waals surface area contributed by atoms with E-state index in [4.69, 9.17) is 0 Å². The molecule has 0 aliphatic heterocycles. The Morgan fingerprint density at radius 1 is 1.26 bits per heavy atom. The van der Waals surface area contributed by atoms with Gasteiger partial charge >= 0.3 is 0 Å². The van der Waals surface area contributed by atoms with Gasteiger partial charge in [-0.3, -0.25) is 4.79 Å².